The molecule has 4 N–H and O–H groups in total. The van der Waals surface area contributed by atoms with Crippen molar-refractivity contribution in [2.24, 2.45) is 10.1 Å². The molecule has 0 amide bonds. The maximum Gasteiger partial charge on any atom is 0.238 e. The highest BCUT2D eigenvalue weighted by Gasteiger charge is 2.12. The molecule has 0 aromatic heterocycles. The number of nitrogens with zero attached hydrogens (tertiary/aromatic N) is 2. The van der Waals surface area contributed by atoms with E-state index >= 15 is 0 Å². The summed E-state index contributed by atoms with van der Waals surface area (Å²) in [6.45, 7) is 11.3. The molecule has 7 nitrogen and oxygen atoms in total. The number of aliphatic imine (C=N–C) groups is 1. The molecule has 1 rings (SSSR count). The molecule has 0 unspecified atom stereocenters. The standard InChI is InChI=1S/C18H33N5O2S.HI/c1-14(2)23(15(3)4)13-12-22-18(20-5)21-11-10-16-6-8-17(9-7-16)26(19,24)25;/h6-9,14-15H,10-13H2,1-5H3,(H2,19,24,25)(H2,20,21,22);1H. The van der Waals surface area contributed by atoms with E-state index in [0.29, 0.717) is 18.6 Å². The van der Waals surface area contributed by atoms with Gasteiger partial charge in [0.2, 0.25) is 10.0 Å². The SMILES string of the molecule is CN=C(NCCc1ccc(S(N)(=O)=O)cc1)NCCN(C(C)C)C(C)C.I. The summed E-state index contributed by atoms with van der Waals surface area (Å²) < 4.78 is 22.5. The lowest BCUT2D eigenvalue weighted by Gasteiger charge is -2.30. The number of primary sulfonamides is 1. The second-order valence-corrected chi connectivity index (χ2v) is 8.35. The molecule has 0 fully saturated rings. The van der Waals surface area contributed by atoms with Crippen molar-refractivity contribution in [2.45, 2.75) is 51.1 Å². The molecule has 0 saturated heterocycles. The maximum atomic E-state index is 11.3. The van der Waals surface area contributed by atoms with Crippen LogP contribution in [-0.2, 0) is 16.4 Å². The average Bonchev–Trinajstić information content (AvgIpc) is 2.55. The van der Waals surface area contributed by atoms with Gasteiger partial charge in [0.15, 0.2) is 5.96 Å². The third-order valence-corrected chi connectivity index (χ3v) is 5.10. The number of benzene rings is 1. The van der Waals surface area contributed by atoms with Gasteiger partial charge in [0.25, 0.3) is 0 Å². The smallest absolute Gasteiger partial charge is 0.238 e. The summed E-state index contributed by atoms with van der Waals surface area (Å²) in [6, 6.07) is 7.63. The molecule has 1 aromatic rings. The molecule has 27 heavy (non-hydrogen) atoms. The first kappa shape index (κ1) is 26.1. The van der Waals surface area contributed by atoms with Crippen molar-refractivity contribution in [1.82, 2.24) is 15.5 Å². The number of rotatable bonds is 9. The highest BCUT2D eigenvalue weighted by atomic mass is 127. The first-order valence-electron chi connectivity index (χ1n) is 8.97. The van der Waals surface area contributed by atoms with Crippen LogP contribution in [0.25, 0.3) is 0 Å². The molecular weight excluding hydrogens is 477 g/mol. The minimum atomic E-state index is -3.64. The average molecular weight is 511 g/mol. The molecule has 1 aromatic carbocycles. The van der Waals surface area contributed by atoms with Gasteiger partial charge in [-0.15, -0.1) is 24.0 Å². The van der Waals surface area contributed by atoms with Gasteiger partial charge in [-0.05, 0) is 51.8 Å². The van der Waals surface area contributed by atoms with E-state index < -0.39 is 10.0 Å². The monoisotopic (exact) mass is 511 g/mol. The van der Waals surface area contributed by atoms with Gasteiger partial charge in [0.1, 0.15) is 0 Å². The van der Waals surface area contributed by atoms with Crippen LogP contribution < -0.4 is 15.8 Å². The molecule has 0 atom stereocenters. The van der Waals surface area contributed by atoms with Gasteiger partial charge in [-0.3, -0.25) is 9.89 Å². The lowest BCUT2D eigenvalue weighted by molar-refractivity contribution is 0.178. The number of halogens is 1. The fourth-order valence-electron chi connectivity index (χ4n) is 2.81. The van der Waals surface area contributed by atoms with Gasteiger partial charge in [0.05, 0.1) is 4.90 Å². The Labute approximate surface area is 181 Å². The molecule has 0 saturated carbocycles. The Morgan fingerprint density at radius 1 is 1.07 bits per heavy atom. The van der Waals surface area contributed by atoms with E-state index in [2.05, 4.69) is 48.2 Å². The van der Waals surface area contributed by atoms with Crippen molar-refractivity contribution in [3.8, 4) is 0 Å². The fourth-order valence-corrected chi connectivity index (χ4v) is 3.32. The maximum absolute atomic E-state index is 11.3. The fraction of sp³-hybridized carbons (Fsp3) is 0.611. The van der Waals surface area contributed by atoms with Gasteiger partial charge in [-0.1, -0.05) is 12.1 Å². The van der Waals surface area contributed by atoms with Crippen molar-refractivity contribution >= 4 is 40.0 Å². The molecule has 0 aliphatic rings. The summed E-state index contributed by atoms with van der Waals surface area (Å²) in [4.78, 5) is 6.79. The van der Waals surface area contributed by atoms with Crippen LogP contribution in [0, 0.1) is 0 Å². The number of hydrogen-bond acceptors (Lipinski definition) is 4. The van der Waals surface area contributed by atoms with E-state index in [0.717, 1.165) is 31.0 Å². The van der Waals surface area contributed by atoms with Gasteiger partial charge in [-0.2, -0.15) is 0 Å². The van der Waals surface area contributed by atoms with Crippen LogP contribution in [0.15, 0.2) is 34.2 Å². The van der Waals surface area contributed by atoms with E-state index in [1.54, 1.807) is 19.2 Å². The minimum Gasteiger partial charge on any atom is -0.356 e. The van der Waals surface area contributed by atoms with Crippen LogP contribution in [-0.4, -0.2) is 58.0 Å². The van der Waals surface area contributed by atoms with E-state index in [1.165, 1.54) is 12.1 Å². The molecule has 0 radical (unpaired) electrons. The van der Waals surface area contributed by atoms with Gasteiger partial charge in [0, 0.05) is 38.8 Å². The van der Waals surface area contributed by atoms with E-state index in [9.17, 15) is 8.42 Å². The van der Waals surface area contributed by atoms with Crippen LogP contribution in [0.3, 0.4) is 0 Å². The Kier molecular flexibility index (Phi) is 12.1. The molecule has 9 heteroatoms. The minimum absolute atomic E-state index is 0. The summed E-state index contributed by atoms with van der Waals surface area (Å²) in [5.41, 5.74) is 1.03. The largest absolute Gasteiger partial charge is 0.356 e. The Bertz CT molecular complexity index is 667. The van der Waals surface area contributed by atoms with Crippen LogP contribution in [0.4, 0.5) is 0 Å². The Morgan fingerprint density at radius 2 is 1.59 bits per heavy atom. The number of hydrogen-bond donors (Lipinski definition) is 3. The number of guanidine groups is 1. The molecule has 0 heterocycles. The predicted octanol–water partition coefficient (Wildman–Crippen LogP) is 1.78. The zero-order valence-electron chi connectivity index (χ0n) is 16.9. The van der Waals surface area contributed by atoms with E-state index in [-0.39, 0.29) is 28.9 Å². The molecule has 0 aliphatic carbocycles. The molecule has 0 bridgehead atoms. The lowest BCUT2D eigenvalue weighted by atomic mass is 10.1. The van der Waals surface area contributed by atoms with E-state index in [4.69, 9.17) is 5.14 Å². The summed E-state index contributed by atoms with van der Waals surface area (Å²) >= 11 is 0. The summed E-state index contributed by atoms with van der Waals surface area (Å²) in [6.07, 6.45) is 0.760. The van der Waals surface area contributed by atoms with E-state index in [1.807, 2.05) is 0 Å². The quantitative estimate of drug-likeness (QED) is 0.267. The Balaban J connectivity index is 0.00000676. The first-order chi connectivity index (χ1) is 12.1. The lowest BCUT2D eigenvalue weighted by Crippen LogP contribution is -2.45. The summed E-state index contributed by atoms with van der Waals surface area (Å²) in [5, 5.41) is 11.7. The van der Waals surface area contributed by atoms with Crippen molar-refractivity contribution in [1.29, 1.82) is 0 Å². The highest BCUT2D eigenvalue weighted by molar-refractivity contribution is 14.0. The number of sulfonamides is 1. The van der Waals surface area contributed by atoms with Crippen LogP contribution >= 0.6 is 24.0 Å². The van der Waals surface area contributed by atoms with Gasteiger partial charge >= 0.3 is 0 Å². The zero-order valence-corrected chi connectivity index (χ0v) is 20.0. The third kappa shape index (κ3) is 9.72. The second-order valence-electron chi connectivity index (χ2n) is 6.79. The predicted molar refractivity (Wildman–Crippen MR) is 123 cm³/mol. The molecule has 0 spiro atoms. The first-order valence-corrected chi connectivity index (χ1v) is 10.5. The van der Waals surface area contributed by atoms with Crippen molar-refractivity contribution in [2.75, 3.05) is 26.7 Å². The van der Waals surface area contributed by atoms with Crippen LogP contribution in [0.5, 0.6) is 0 Å². The van der Waals surface area contributed by atoms with Gasteiger partial charge < -0.3 is 10.6 Å². The zero-order chi connectivity index (χ0) is 19.7. The molecular formula is C18H34IN5O2S. The van der Waals surface area contributed by atoms with Crippen LogP contribution in [0.1, 0.15) is 33.3 Å². The Morgan fingerprint density at radius 3 is 2.04 bits per heavy atom. The summed E-state index contributed by atoms with van der Waals surface area (Å²) in [5.74, 6) is 0.763. The Hall–Kier alpha value is -0.910. The topological polar surface area (TPSA) is 99.8 Å². The second kappa shape index (κ2) is 12.5. The third-order valence-electron chi connectivity index (χ3n) is 4.17. The van der Waals surface area contributed by atoms with Crippen molar-refractivity contribution in [3.63, 3.8) is 0 Å². The molecule has 156 valence electrons. The van der Waals surface area contributed by atoms with Crippen molar-refractivity contribution < 1.29 is 8.42 Å². The van der Waals surface area contributed by atoms with Crippen molar-refractivity contribution in [3.05, 3.63) is 29.8 Å². The summed E-state index contributed by atoms with van der Waals surface area (Å²) in [7, 11) is -1.89. The van der Waals surface area contributed by atoms with Gasteiger partial charge in [-0.25, -0.2) is 13.6 Å². The number of nitrogens with one attached hydrogen (secondary N) is 2. The van der Waals surface area contributed by atoms with Crippen LogP contribution in [0.2, 0.25) is 0 Å². The molecule has 0 aliphatic heterocycles. The number of nitrogens with two attached hydrogens (primary N) is 1. The highest BCUT2D eigenvalue weighted by Crippen LogP contribution is 2.09. The normalized spacial score (nSPS) is 12.4.